The number of nitrogens with zero attached hydrogens (tertiary/aromatic N) is 1. The second-order valence-electron chi connectivity index (χ2n) is 5.96. The second-order valence-corrected chi connectivity index (χ2v) is 6.40. The Kier molecular flexibility index (Phi) is 4.95. The van der Waals surface area contributed by atoms with Crippen molar-refractivity contribution in [3.63, 3.8) is 0 Å². The monoisotopic (exact) mass is 359 g/mol. The fraction of sp³-hybridized carbons (Fsp3) is 0.263. The van der Waals surface area contributed by atoms with Crippen LogP contribution in [0.3, 0.4) is 0 Å². The van der Waals surface area contributed by atoms with Gasteiger partial charge >= 0.3 is 5.97 Å². The molecule has 1 atom stereocenters. The van der Waals surface area contributed by atoms with Gasteiger partial charge in [0, 0.05) is 18.0 Å². The minimum absolute atomic E-state index is 0.108. The van der Waals surface area contributed by atoms with Gasteiger partial charge in [0.15, 0.2) is 0 Å². The predicted molar refractivity (Wildman–Crippen MR) is 95.3 cm³/mol. The molecule has 0 aliphatic carbocycles. The van der Waals surface area contributed by atoms with Crippen LogP contribution in [0, 0.1) is 12.8 Å². The number of rotatable bonds is 4. The molecule has 2 aromatic carbocycles. The fourth-order valence-electron chi connectivity index (χ4n) is 2.84. The molecule has 1 amide bonds. The molecule has 1 aliphatic heterocycles. The Bertz CT molecular complexity index is 821. The van der Waals surface area contributed by atoms with E-state index in [9.17, 15) is 9.59 Å². The number of benzene rings is 2. The van der Waals surface area contributed by atoms with Gasteiger partial charge in [0.05, 0.1) is 18.7 Å². The van der Waals surface area contributed by atoms with Gasteiger partial charge in [-0.3, -0.25) is 9.59 Å². The van der Waals surface area contributed by atoms with Crippen LogP contribution in [0.25, 0.3) is 0 Å². The lowest BCUT2D eigenvalue weighted by Crippen LogP contribution is -2.27. The summed E-state index contributed by atoms with van der Waals surface area (Å²) in [4.78, 5) is 26.4. The SMILES string of the molecule is COc1ccc(C)cc1N1C[C@@H](C(=O)Oc2cccc(Cl)c2)CC1=O. The molecule has 0 N–H and O–H groups in total. The molecule has 1 heterocycles. The van der Waals surface area contributed by atoms with Gasteiger partial charge in [-0.15, -0.1) is 0 Å². The first kappa shape index (κ1) is 17.3. The van der Waals surface area contributed by atoms with Crippen molar-refractivity contribution < 1.29 is 19.1 Å². The number of methoxy groups -OCH3 is 1. The van der Waals surface area contributed by atoms with Crippen LogP contribution in [0.4, 0.5) is 5.69 Å². The third-order valence-corrected chi connectivity index (χ3v) is 4.33. The number of hydrogen-bond donors (Lipinski definition) is 0. The maximum atomic E-state index is 12.4. The molecule has 0 unspecified atom stereocenters. The first-order chi connectivity index (χ1) is 12.0. The van der Waals surface area contributed by atoms with Gasteiger partial charge in [0.1, 0.15) is 11.5 Å². The fourth-order valence-corrected chi connectivity index (χ4v) is 3.02. The topological polar surface area (TPSA) is 55.8 Å². The molecule has 0 aromatic heterocycles. The molecule has 0 saturated carbocycles. The predicted octanol–water partition coefficient (Wildman–Crippen LogP) is 3.62. The van der Waals surface area contributed by atoms with Gasteiger partial charge in [-0.05, 0) is 42.8 Å². The molecule has 130 valence electrons. The number of ether oxygens (including phenoxy) is 2. The van der Waals surface area contributed by atoms with Gasteiger partial charge in [-0.25, -0.2) is 0 Å². The van der Waals surface area contributed by atoms with Gasteiger partial charge in [-0.2, -0.15) is 0 Å². The summed E-state index contributed by atoms with van der Waals surface area (Å²) < 4.78 is 10.7. The first-order valence-electron chi connectivity index (χ1n) is 7.90. The lowest BCUT2D eigenvalue weighted by atomic mass is 10.1. The van der Waals surface area contributed by atoms with Crippen molar-refractivity contribution in [1.82, 2.24) is 0 Å². The third-order valence-electron chi connectivity index (χ3n) is 4.10. The van der Waals surface area contributed by atoms with Crippen LogP contribution in [0.5, 0.6) is 11.5 Å². The highest BCUT2D eigenvalue weighted by atomic mass is 35.5. The molecule has 1 fully saturated rings. The summed E-state index contributed by atoms with van der Waals surface area (Å²) in [5, 5.41) is 0.485. The quantitative estimate of drug-likeness (QED) is 0.618. The summed E-state index contributed by atoms with van der Waals surface area (Å²) in [5.74, 6) is -0.127. The van der Waals surface area contributed by atoms with Crippen LogP contribution >= 0.6 is 11.6 Å². The van der Waals surface area contributed by atoms with Crippen molar-refractivity contribution in [2.45, 2.75) is 13.3 Å². The highest BCUT2D eigenvalue weighted by Crippen LogP contribution is 2.34. The average molecular weight is 360 g/mol. The number of carbonyl (C=O) groups excluding carboxylic acids is 2. The van der Waals surface area contributed by atoms with E-state index >= 15 is 0 Å². The molecule has 5 nitrogen and oxygen atoms in total. The Hall–Kier alpha value is -2.53. The summed E-state index contributed by atoms with van der Waals surface area (Å²) in [5.41, 5.74) is 1.68. The smallest absolute Gasteiger partial charge is 0.316 e. The van der Waals surface area contributed by atoms with E-state index in [1.807, 2.05) is 25.1 Å². The highest BCUT2D eigenvalue weighted by molar-refractivity contribution is 6.30. The van der Waals surface area contributed by atoms with E-state index in [4.69, 9.17) is 21.1 Å². The normalized spacial score (nSPS) is 16.8. The first-order valence-corrected chi connectivity index (χ1v) is 8.28. The van der Waals surface area contributed by atoms with E-state index in [-0.39, 0.29) is 18.9 Å². The summed E-state index contributed by atoms with van der Waals surface area (Å²) in [7, 11) is 1.56. The lowest BCUT2D eigenvalue weighted by molar-refractivity contribution is -0.139. The second kappa shape index (κ2) is 7.15. The number of aryl methyl sites for hydroxylation is 1. The molecule has 1 saturated heterocycles. The van der Waals surface area contributed by atoms with Crippen molar-refractivity contribution in [2.24, 2.45) is 5.92 Å². The molecule has 0 bridgehead atoms. The summed E-state index contributed by atoms with van der Waals surface area (Å²) >= 11 is 5.90. The van der Waals surface area contributed by atoms with Gasteiger partial charge in [0.25, 0.3) is 0 Å². The van der Waals surface area contributed by atoms with E-state index in [1.165, 1.54) is 0 Å². The van der Waals surface area contributed by atoms with E-state index in [0.29, 0.717) is 22.2 Å². The Morgan fingerprint density at radius 1 is 1.24 bits per heavy atom. The summed E-state index contributed by atoms with van der Waals surface area (Å²) in [6.07, 6.45) is 0.108. The number of anilines is 1. The van der Waals surface area contributed by atoms with Crippen molar-refractivity contribution in [2.75, 3.05) is 18.6 Å². The molecule has 6 heteroatoms. The Labute approximate surface area is 151 Å². The molecular weight excluding hydrogens is 342 g/mol. The zero-order valence-electron chi connectivity index (χ0n) is 14.0. The number of carbonyl (C=O) groups is 2. The Balaban J connectivity index is 1.76. The molecule has 1 aliphatic rings. The Morgan fingerprint density at radius 2 is 2.04 bits per heavy atom. The standard InChI is InChI=1S/C19H18ClNO4/c1-12-6-7-17(24-2)16(8-12)21-11-13(9-18(21)22)19(23)25-15-5-3-4-14(20)10-15/h3-8,10,13H,9,11H2,1-2H3/t13-/m0/s1. The van der Waals surface area contributed by atoms with E-state index in [0.717, 1.165) is 5.56 Å². The van der Waals surface area contributed by atoms with Crippen molar-refractivity contribution in [1.29, 1.82) is 0 Å². The van der Waals surface area contributed by atoms with Crippen LogP contribution in [-0.2, 0) is 9.59 Å². The minimum Gasteiger partial charge on any atom is -0.495 e. The molecule has 3 rings (SSSR count). The number of halogens is 1. The number of amides is 1. The maximum Gasteiger partial charge on any atom is 0.316 e. The third kappa shape index (κ3) is 3.77. The molecule has 0 radical (unpaired) electrons. The van der Waals surface area contributed by atoms with Crippen LogP contribution in [0.1, 0.15) is 12.0 Å². The Morgan fingerprint density at radius 3 is 2.76 bits per heavy atom. The minimum atomic E-state index is -0.531. The van der Waals surface area contributed by atoms with Gasteiger partial charge < -0.3 is 14.4 Å². The van der Waals surface area contributed by atoms with Crippen LogP contribution < -0.4 is 14.4 Å². The molecular formula is C19H18ClNO4. The van der Waals surface area contributed by atoms with Crippen molar-refractivity contribution >= 4 is 29.2 Å². The van der Waals surface area contributed by atoms with Crippen LogP contribution in [-0.4, -0.2) is 25.5 Å². The zero-order chi connectivity index (χ0) is 18.0. The maximum absolute atomic E-state index is 12.4. The van der Waals surface area contributed by atoms with E-state index in [2.05, 4.69) is 0 Å². The summed E-state index contributed by atoms with van der Waals surface area (Å²) in [6, 6.07) is 12.2. The molecule has 0 spiro atoms. The summed E-state index contributed by atoms with van der Waals surface area (Å²) in [6.45, 7) is 2.20. The molecule has 25 heavy (non-hydrogen) atoms. The lowest BCUT2D eigenvalue weighted by Gasteiger charge is -2.20. The zero-order valence-corrected chi connectivity index (χ0v) is 14.7. The number of esters is 1. The molecule has 2 aromatic rings. The van der Waals surface area contributed by atoms with Crippen LogP contribution in [0.15, 0.2) is 42.5 Å². The van der Waals surface area contributed by atoms with Crippen LogP contribution in [0.2, 0.25) is 5.02 Å². The van der Waals surface area contributed by atoms with Crippen molar-refractivity contribution in [3.8, 4) is 11.5 Å². The van der Waals surface area contributed by atoms with E-state index < -0.39 is 11.9 Å². The van der Waals surface area contributed by atoms with Gasteiger partial charge in [0.2, 0.25) is 5.91 Å². The average Bonchev–Trinajstić information content (AvgIpc) is 2.96. The van der Waals surface area contributed by atoms with E-state index in [1.54, 1.807) is 36.3 Å². The highest BCUT2D eigenvalue weighted by Gasteiger charge is 2.37. The van der Waals surface area contributed by atoms with Crippen molar-refractivity contribution in [3.05, 3.63) is 53.1 Å². The van der Waals surface area contributed by atoms with Gasteiger partial charge in [-0.1, -0.05) is 23.7 Å². The number of hydrogen-bond acceptors (Lipinski definition) is 4. The largest absolute Gasteiger partial charge is 0.495 e.